The molecule has 0 bridgehead atoms. The zero-order valence-corrected chi connectivity index (χ0v) is 10.9. The molecule has 0 radical (unpaired) electrons. The molecule has 3 nitrogen and oxygen atoms in total. The minimum atomic E-state index is -4.44. The number of para-hydroxylation sites is 1. The first kappa shape index (κ1) is 14.9. The Labute approximate surface area is 119 Å². The van der Waals surface area contributed by atoms with Crippen molar-refractivity contribution in [2.24, 2.45) is 0 Å². The molecule has 1 amide bonds. The molecule has 3 N–H and O–H groups in total. The molecule has 0 heterocycles. The van der Waals surface area contributed by atoms with Crippen molar-refractivity contribution in [2.45, 2.75) is 12.6 Å². The van der Waals surface area contributed by atoms with Crippen molar-refractivity contribution in [1.29, 1.82) is 0 Å². The zero-order chi connectivity index (χ0) is 15.5. The third-order valence-electron chi connectivity index (χ3n) is 2.88. The van der Waals surface area contributed by atoms with Crippen LogP contribution >= 0.6 is 0 Å². The fourth-order valence-corrected chi connectivity index (χ4v) is 1.85. The number of nitrogens with two attached hydrogens (primary N) is 1. The minimum Gasteiger partial charge on any atom is -0.398 e. The molecular formula is C15H13F3N2O. The fourth-order valence-electron chi connectivity index (χ4n) is 1.85. The molecule has 0 aliphatic heterocycles. The molecule has 0 spiro atoms. The minimum absolute atomic E-state index is 0.00290. The zero-order valence-electron chi connectivity index (χ0n) is 10.9. The summed E-state index contributed by atoms with van der Waals surface area (Å²) in [6.45, 7) is 0. The SMILES string of the molecule is Nc1ccccc1CC(=O)Nc1cccc(C(F)(F)F)c1. The van der Waals surface area contributed by atoms with E-state index in [1.165, 1.54) is 12.1 Å². The molecule has 0 atom stereocenters. The Morgan fingerprint density at radius 1 is 1.10 bits per heavy atom. The summed E-state index contributed by atoms with van der Waals surface area (Å²) in [4.78, 5) is 11.8. The van der Waals surface area contributed by atoms with E-state index in [0.29, 0.717) is 11.3 Å². The molecule has 2 rings (SSSR count). The third kappa shape index (κ3) is 3.98. The molecule has 0 unspecified atom stereocenters. The molecule has 2 aromatic rings. The molecule has 0 aromatic heterocycles. The van der Waals surface area contributed by atoms with Gasteiger partial charge in [-0.15, -0.1) is 0 Å². The van der Waals surface area contributed by atoms with Gasteiger partial charge in [-0.25, -0.2) is 0 Å². The highest BCUT2D eigenvalue weighted by atomic mass is 19.4. The molecule has 2 aromatic carbocycles. The Hall–Kier alpha value is -2.50. The average Bonchev–Trinajstić information content (AvgIpc) is 2.41. The van der Waals surface area contributed by atoms with Crippen LogP contribution in [0.3, 0.4) is 0 Å². The van der Waals surface area contributed by atoms with E-state index in [-0.39, 0.29) is 12.1 Å². The Morgan fingerprint density at radius 3 is 2.48 bits per heavy atom. The lowest BCUT2D eigenvalue weighted by molar-refractivity contribution is -0.137. The molecular weight excluding hydrogens is 281 g/mol. The number of carbonyl (C=O) groups excluding carboxylic acids is 1. The Morgan fingerprint density at radius 2 is 1.81 bits per heavy atom. The number of nitrogens with one attached hydrogen (secondary N) is 1. The molecule has 0 saturated carbocycles. The van der Waals surface area contributed by atoms with E-state index in [4.69, 9.17) is 5.73 Å². The average molecular weight is 294 g/mol. The molecule has 6 heteroatoms. The van der Waals surface area contributed by atoms with Crippen molar-refractivity contribution >= 4 is 17.3 Å². The maximum Gasteiger partial charge on any atom is 0.416 e. The highest BCUT2D eigenvalue weighted by Crippen LogP contribution is 2.30. The van der Waals surface area contributed by atoms with Crippen LogP contribution in [0.2, 0.25) is 0 Å². The second-order valence-electron chi connectivity index (χ2n) is 4.50. The number of hydrogen-bond donors (Lipinski definition) is 2. The van der Waals surface area contributed by atoms with Gasteiger partial charge < -0.3 is 11.1 Å². The lowest BCUT2D eigenvalue weighted by Gasteiger charge is -2.10. The predicted octanol–water partition coefficient (Wildman–Crippen LogP) is 3.47. The normalized spacial score (nSPS) is 11.2. The summed E-state index contributed by atoms with van der Waals surface area (Å²) in [6, 6.07) is 11.3. The van der Waals surface area contributed by atoms with Gasteiger partial charge in [-0.05, 0) is 29.8 Å². The first-order valence-electron chi connectivity index (χ1n) is 6.17. The van der Waals surface area contributed by atoms with Gasteiger partial charge in [0.2, 0.25) is 5.91 Å². The number of halogens is 3. The van der Waals surface area contributed by atoms with E-state index in [1.54, 1.807) is 24.3 Å². The van der Waals surface area contributed by atoms with E-state index >= 15 is 0 Å². The van der Waals surface area contributed by atoms with Crippen LogP contribution in [0, 0.1) is 0 Å². The summed E-state index contributed by atoms with van der Waals surface area (Å²) < 4.78 is 37.7. The quantitative estimate of drug-likeness (QED) is 0.852. The van der Waals surface area contributed by atoms with Gasteiger partial charge in [-0.2, -0.15) is 13.2 Å². The van der Waals surface area contributed by atoms with Crippen molar-refractivity contribution in [1.82, 2.24) is 0 Å². The maximum atomic E-state index is 12.6. The van der Waals surface area contributed by atoms with Gasteiger partial charge in [0.05, 0.1) is 12.0 Å². The highest BCUT2D eigenvalue weighted by molar-refractivity contribution is 5.93. The maximum absolute atomic E-state index is 12.6. The van der Waals surface area contributed by atoms with Gasteiger partial charge in [-0.3, -0.25) is 4.79 Å². The summed E-state index contributed by atoms with van der Waals surface area (Å²) in [6.07, 6.45) is -4.44. The van der Waals surface area contributed by atoms with Crippen LogP contribution in [0.4, 0.5) is 24.5 Å². The molecule has 110 valence electrons. The number of benzene rings is 2. The van der Waals surface area contributed by atoms with Crippen LogP contribution in [0.15, 0.2) is 48.5 Å². The molecule has 0 aliphatic rings. The molecule has 21 heavy (non-hydrogen) atoms. The van der Waals surface area contributed by atoms with E-state index in [1.807, 2.05) is 0 Å². The van der Waals surface area contributed by atoms with Gasteiger partial charge in [0, 0.05) is 11.4 Å². The number of nitrogen functional groups attached to an aromatic ring is 1. The monoisotopic (exact) mass is 294 g/mol. The largest absolute Gasteiger partial charge is 0.416 e. The Balaban J connectivity index is 2.08. The van der Waals surface area contributed by atoms with E-state index in [2.05, 4.69) is 5.32 Å². The first-order valence-corrected chi connectivity index (χ1v) is 6.17. The van der Waals surface area contributed by atoms with Crippen molar-refractivity contribution in [2.75, 3.05) is 11.1 Å². The van der Waals surface area contributed by atoms with E-state index in [9.17, 15) is 18.0 Å². The third-order valence-corrected chi connectivity index (χ3v) is 2.88. The highest BCUT2D eigenvalue weighted by Gasteiger charge is 2.30. The lowest BCUT2D eigenvalue weighted by Crippen LogP contribution is -2.16. The second-order valence-corrected chi connectivity index (χ2v) is 4.50. The van der Waals surface area contributed by atoms with Crippen LogP contribution < -0.4 is 11.1 Å². The summed E-state index contributed by atoms with van der Waals surface area (Å²) in [5.41, 5.74) is 6.11. The molecule has 0 saturated heterocycles. The van der Waals surface area contributed by atoms with Crippen molar-refractivity contribution in [3.63, 3.8) is 0 Å². The van der Waals surface area contributed by atoms with Crippen molar-refractivity contribution < 1.29 is 18.0 Å². The second kappa shape index (κ2) is 5.87. The first-order chi connectivity index (χ1) is 9.86. The fraction of sp³-hybridized carbons (Fsp3) is 0.133. The number of amides is 1. The molecule has 0 fully saturated rings. The van der Waals surface area contributed by atoms with E-state index in [0.717, 1.165) is 12.1 Å². The van der Waals surface area contributed by atoms with Gasteiger partial charge in [0.25, 0.3) is 0 Å². The topological polar surface area (TPSA) is 55.1 Å². The number of hydrogen-bond acceptors (Lipinski definition) is 2. The smallest absolute Gasteiger partial charge is 0.398 e. The van der Waals surface area contributed by atoms with Crippen LogP contribution in [0.25, 0.3) is 0 Å². The van der Waals surface area contributed by atoms with Gasteiger partial charge >= 0.3 is 6.18 Å². The number of rotatable bonds is 3. The van der Waals surface area contributed by atoms with E-state index < -0.39 is 17.6 Å². The van der Waals surface area contributed by atoms with Crippen molar-refractivity contribution in [3.8, 4) is 0 Å². The summed E-state index contributed by atoms with van der Waals surface area (Å²) >= 11 is 0. The van der Waals surface area contributed by atoms with Gasteiger partial charge in [0.15, 0.2) is 0 Å². The Kier molecular flexibility index (Phi) is 4.16. The van der Waals surface area contributed by atoms with Gasteiger partial charge in [-0.1, -0.05) is 24.3 Å². The summed E-state index contributed by atoms with van der Waals surface area (Å²) in [7, 11) is 0. The van der Waals surface area contributed by atoms with Crippen LogP contribution in [0.5, 0.6) is 0 Å². The standard InChI is InChI=1S/C15H13F3N2O/c16-15(17,18)11-5-3-6-12(9-11)20-14(21)8-10-4-1-2-7-13(10)19/h1-7,9H,8,19H2,(H,20,21). The number of anilines is 2. The van der Waals surface area contributed by atoms with Crippen LogP contribution in [-0.4, -0.2) is 5.91 Å². The molecule has 0 aliphatic carbocycles. The van der Waals surface area contributed by atoms with Crippen LogP contribution in [-0.2, 0) is 17.4 Å². The lowest BCUT2D eigenvalue weighted by atomic mass is 10.1. The Bertz CT molecular complexity index is 653. The van der Waals surface area contributed by atoms with Gasteiger partial charge in [0.1, 0.15) is 0 Å². The number of carbonyl (C=O) groups is 1. The summed E-state index contributed by atoms with van der Waals surface area (Å²) in [5.74, 6) is -0.424. The summed E-state index contributed by atoms with van der Waals surface area (Å²) in [5, 5.41) is 2.44. The predicted molar refractivity (Wildman–Crippen MR) is 74.6 cm³/mol. The number of alkyl halides is 3. The van der Waals surface area contributed by atoms with Crippen molar-refractivity contribution in [3.05, 3.63) is 59.7 Å². The van der Waals surface area contributed by atoms with Crippen LogP contribution in [0.1, 0.15) is 11.1 Å².